The summed E-state index contributed by atoms with van der Waals surface area (Å²) in [6, 6.07) is 8.86. The number of amides is 1. The summed E-state index contributed by atoms with van der Waals surface area (Å²) in [6.07, 6.45) is 2.34. The fraction of sp³-hybridized carbons (Fsp3) is 0.500. The molecule has 0 aliphatic carbocycles. The number of hydrogen-bond acceptors (Lipinski definition) is 2. The molecule has 0 aliphatic heterocycles. The first-order valence-corrected chi connectivity index (χ1v) is 6.18. The van der Waals surface area contributed by atoms with E-state index >= 15 is 0 Å². The SMILES string of the molecule is Cc1cccc(C(C)NCCCCC(N)=O)c1. The van der Waals surface area contributed by atoms with Crippen molar-refractivity contribution in [3.63, 3.8) is 0 Å². The number of unbranched alkanes of at least 4 members (excludes halogenated alkanes) is 1. The minimum absolute atomic E-state index is 0.211. The topological polar surface area (TPSA) is 55.1 Å². The predicted molar refractivity (Wildman–Crippen MR) is 70.6 cm³/mol. The van der Waals surface area contributed by atoms with E-state index in [1.807, 2.05) is 0 Å². The molecule has 0 aromatic heterocycles. The number of nitrogens with two attached hydrogens (primary N) is 1. The average Bonchev–Trinajstić information content (AvgIpc) is 2.28. The average molecular weight is 234 g/mol. The number of nitrogens with one attached hydrogen (secondary N) is 1. The minimum atomic E-state index is -0.211. The quantitative estimate of drug-likeness (QED) is 0.711. The van der Waals surface area contributed by atoms with E-state index in [2.05, 4.69) is 43.4 Å². The Hall–Kier alpha value is -1.35. The van der Waals surface area contributed by atoms with Gasteiger partial charge in [-0.15, -0.1) is 0 Å². The molecule has 1 unspecified atom stereocenters. The van der Waals surface area contributed by atoms with E-state index in [1.54, 1.807) is 0 Å². The smallest absolute Gasteiger partial charge is 0.217 e. The van der Waals surface area contributed by atoms with Gasteiger partial charge in [-0.05, 0) is 38.8 Å². The van der Waals surface area contributed by atoms with Gasteiger partial charge in [-0.1, -0.05) is 29.8 Å². The highest BCUT2D eigenvalue weighted by molar-refractivity contribution is 5.73. The molecule has 3 N–H and O–H groups in total. The summed E-state index contributed by atoms with van der Waals surface area (Å²) in [5, 5.41) is 3.45. The molecule has 1 atom stereocenters. The van der Waals surface area contributed by atoms with Crippen LogP contribution in [-0.4, -0.2) is 12.5 Å². The van der Waals surface area contributed by atoms with Crippen LogP contribution in [-0.2, 0) is 4.79 Å². The Morgan fingerprint density at radius 2 is 2.18 bits per heavy atom. The van der Waals surface area contributed by atoms with Crippen molar-refractivity contribution < 1.29 is 4.79 Å². The molecule has 94 valence electrons. The number of hydrogen-bond donors (Lipinski definition) is 2. The van der Waals surface area contributed by atoms with E-state index in [0.29, 0.717) is 12.5 Å². The predicted octanol–water partition coefficient (Wildman–Crippen LogP) is 2.30. The molecule has 0 spiro atoms. The second kappa shape index (κ2) is 7.07. The summed E-state index contributed by atoms with van der Waals surface area (Å²) in [5.74, 6) is -0.211. The molecule has 1 aromatic carbocycles. The Bertz CT molecular complexity index is 363. The van der Waals surface area contributed by atoms with Crippen molar-refractivity contribution >= 4 is 5.91 Å². The van der Waals surface area contributed by atoms with Gasteiger partial charge in [0.05, 0.1) is 0 Å². The maximum absolute atomic E-state index is 10.6. The Morgan fingerprint density at radius 1 is 1.41 bits per heavy atom. The van der Waals surface area contributed by atoms with Crippen molar-refractivity contribution in [1.82, 2.24) is 5.32 Å². The molecule has 0 fully saturated rings. The first kappa shape index (κ1) is 13.7. The van der Waals surface area contributed by atoms with Crippen molar-refractivity contribution in [2.24, 2.45) is 5.73 Å². The molecule has 1 rings (SSSR count). The lowest BCUT2D eigenvalue weighted by atomic mass is 10.1. The van der Waals surface area contributed by atoms with Gasteiger partial charge in [-0.2, -0.15) is 0 Å². The van der Waals surface area contributed by atoms with Crippen molar-refractivity contribution in [3.05, 3.63) is 35.4 Å². The molecule has 0 saturated heterocycles. The lowest BCUT2D eigenvalue weighted by Crippen LogP contribution is -2.20. The Balaban J connectivity index is 2.25. The monoisotopic (exact) mass is 234 g/mol. The van der Waals surface area contributed by atoms with E-state index in [4.69, 9.17) is 5.73 Å². The second-order valence-corrected chi connectivity index (χ2v) is 4.51. The molecular formula is C14H22N2O. The number of primary amides is 1. The second-order valence-electron chi connectivity index (χ2n) is 4.51. The molecule has 0 heterocycles. The molecular weight excluding hydrogens is 212 g/mol. The number of rotatable bonds is 7. The fourth-order valence-electron chi connectivity index (χ4n) is 1.80. The fourth-order valence-corrected chi connectivity index (χ4v) is 1.80. The van der Waals surface area contributed by atoms with Gasteiger partial charge in [0.2, 0.25) is 5.91 Å². The highest BCUT2D eigenvalue weighted by Gasteiger charge is 2.04. The highest BCUT2D eigenvalue weighted by Crippen LogP contribution is 2.13. The van der Waals surface area contributed by atoms with Crippen LogP contribution in [0.3, 0.4) is 0 Å². The maximum Gasteiger partial charge on any atom is 0.217 e. The Kier molecular flexibility index (Phi) is 5.70. The number of aryl methyl sites for hydroxylation is 1. The van der Waals surface area contributed by atoms with Crippen LogP contribution < -0.4 is 11.1 Å². The van der Waals surface area contributed by atoms with E-state index in [1.165, 1.54) is 11.1 Å². The summed E-state index contributed by atoms with van der Waals surface area (Å²) in [7, 11) is 0. The van der Waals surface area contributed by atoms with E-state index in [-0.39, 0.29) is 5.91 Å². The van der Waals surface area contributed by atoms with Gasteiger partial charge in [0.1, 0.15) is 0 Å². The summed E-state index contributed by atoms with van der Waals surface area (Å²) in [5.41, 5.74) is 7.67. The molecule has 3 heteroatoms. The van der Waals surface area contributed by atoms with Gasteiger partial charge < -0.3 is 11.1 Å². The van der Waals surface area contributed by atoms with Gasteiger partial charge in [-0.3, -0.25) is 4.79 Å². The molecule has 0 saturated carbocycles. The van der Waals surface area contributed by atoms with Crippen LogP contribution >= 0.6 is 0 Å². The van der Waals surface area contributed by atoms with Crippen LogP contribution in [0.2, 0.25) is 0 Å². The largest absolute Gasteiger partial charge is 0.370 e. The number of carbonyl (C=O) groups is 1. The number of carbonyl (C=O) groups excluding carboxylic acids is 1. The summed E-state index contributed by atoms with van der Waals surface area (Å²) < 4.78 is 0. The zero-order valence-corrected chi connectivity index (χ0v) is 10.7. The lowest BCUT2D eigenvalue weighted by Gasteiger charge is -2.14. The summed E-state index contributed by atoms with van der Waals surface area (Å²) in [4.78, 5) is 10.6. The zero-order chi connectivity index (χ0) is 12.7. The van der Waals surface area contributed by atoms with Gasteiger partial charge in [0, 0.05) is 12.5 Å². The van der Waals surface area contributed by atoms with Crippen LogP contribution in [0, 0.1) is 6.92 Å². The Labute approximate surface area is 103 Å². The molecule has 17 heavy (non-hydrogen) atoms. The van der Waals surface area contributed by atoms with Gasteiger partial charge in [0.25, 0.3) is 0 Å². The van der Waals surface area contributed by atoms with Crippen LogP contribution in [0.5, 0.6) is 0 Å². The normalized spacial score (nSPS) is 12.4. The van der Waals surface area contributed by atoms with E-state index < -0.39 is 0 Å². The van der Waals surface area contributed by atoms with Crippen molar-refractivity contribution in [2.45, 2.75) is 39.2 Å². The third-order valence-electron chi connectivity index (χ3n) is 2.84. The molecule has 0 bridgehead atoms. The minimum Gasteiger partial charge on any atom is -0.370 e. The third kappa shape index (κ3) is 5.50. The van der Waals surface area contributed by atoms with E-state index in [9.17, 15) is 4.79 Å². The number of benzene rings is 1. The summed E-state index contributed by atoms with van der Waals surface area (Å²) in [6.45, 7) is 5.17. The molecule has 0 aliphatic rings. The third-order valence-corrected chi connectivity index (χ3v) is 2.84. The molecule has 1 aromatic rings. The van der Waals surface area contributed by atoms with Gasteiger partial charge in [-0.25, -0.2) is 0 Å². The summed E-state index contributed by atoms with van der Waals surface area (Å²) >= 11 is 0. The van der Waals surface area contributed by atoms with Crippen LogP contribution in [0.15, 0.2) is 24.3 Å². The van der Waals surface area contributed by atoms with Crippen molar-refractivity contribution in [1.29, 1.82) is 0 Å². The zero-order valence-electron chi connectivity index (χ0n) is 10.7. The van der Waals surface area contributed by atoms with Crippen LogP contribution in [0.4, 0.5) is 0 Å². The molecule has 1 amide bonds. The van der Waals surface area contributed by atoms with Crippen LogP contribution in [0.1, 0.15) is 43.4 Å². The molecule has 3 nitrogen and oxygen atoms in total. The first-order valence-electron chi connectivity index (χ1n) is 6.18. The van der Waals surface area contributed by atoms with Gasteiger partial charge in [0.15, 0.2) is 0 Å². The standard InChI is InChI=1S/C14H22N2O/c1-11-6-5-7-13(10-11)12(2)16-9-4-3-8-14(15)17/h5-7,10,12,16H,3-4,8-9H2,1-2H3,(H2,15,17). The maximum atomic E-state index is 10.6. The van der Waals surface area contributed by atoms with Gasteiger partial charge >= 0.3 is 0 Å². The Morgan fingerprint density at radius 3 is 2.82 bits per heavy atom. The highest BCUT2D eigenvalue weighted by atomic mass is 16.1. The first-order chi connectivity index (χ1) is 8.09. The van der Waals surface area contributed by atoms with Crippen LogP contribution in [0.25, 0.3) is 0 Å². The van der Waals surface area contributed by atoms with Crippen molar-refractivity contribution in [3.8, 4) is 0 Å². The van der Waals surface area contributed by atoms with E-state index in [0.717, 1.165) is 19.4 Å². The lowest BCUT2D eigenvalue weighted by molar-refractivity contribution is -0.118. The van der Waals surface area contributed by atoms with Crippen molar-refractivity contribution in [2.75, 3.05) is 6.54 Å². The molecule has 0 radical (unpaired) electrons.